The fourth-order valence-electron chi connectivity index (χ4n) is 2.36. The van der Waals surface area contributed by atoms with E-state index in [0.717, 1.165) is 0 Å². The molecule has 0 aliphatic carbocycles. The number of nitrogens with zero attached hydrogens (tertiary/aromatic N) is 3. The number of aryl methyl sites for hydroxylation is 1. The van der Waals surface area contributed by atoms with Gasteiger partial charge in [-0.1, -0.05) is 57.1 Å². The van der Waals surface area contributed by atoms with Crippen LogP contribution in [-0.2, 0) is 7.05 Å². The molecular weight excluding hydrogens is 224 g/mol. The van der Waals surface area contributed by atoms with Crippen molar-refractivity contribution in [1.29, 1.82) is 0 Å². The van der Waals surface area contributed by atoms with Crippen molar-refractivity contribution in [2.24, 2.45) is 7.05 Å². The predicted octanol–water partition coefficient (Wildman–Crippen LogP) is 3.22. The summed E-state index contributed by atoms with van der Waals surface area (Å²) in [4.78, 5) is 0. The Labute approximate surface area is 111 Å². The minimum atomic E-state index is 0.389. The van der Waals surface area contributed by atoms with Gasteiger partial charge >= 0.3 is 0 Å². The number of nitrogens with one attached hydrogen (secondary N) is 1. The summed E-state index contributed by atoms with van der Waals surface area (Å²) in [5.41, 5.74) is 1.18. The first-order valence-corrected chi connectivity index (χ1v) is 7.31. The van der Waals surface area contributed by atoms with Gasteiger partial charge in [-0.25, -0.2) is 0 Å². The molecule has 1 rings (SSSR count). The quantitative estimate of drug-likeness (QED) is 0.650. The second-order valence-electron chi connectivity index (χ2n) is 5.03. The average Bonchev–Trinajstić information content (AvgIpc) is 2.79. The molecule has 4 nitrogen and oxygen atoms in total. The van der Waals surface area contributed by atoms with E-state index in [2.05, 4.69) is 22.6 Å². The Balaban J connectivity index is 2.15. The zero-order valence-corrected chi connectivity index (χ0v) is 12.2. The van der Waals surface area contributed by atoms with Crippen molar-refractivity contribution in [3.8, 4) is 0 Å². The van der Waals surface area contributed by atoms with Gasteiger partial charge in [0.15, 0.2) is 0 Å². The van der Waals surface area contributed by atoms with E-state index in [9.17, 15) is 0 Å². The maximum absolute atomic E-state index is 3.99. The SMILES string of the molecule is CCCCCCCCCC(NC)c1cnnn1C. The Morgan fingerprint density at radius 2 is 1.83 bits per heavy atom. The van der Waals surface area contributed by atoms with Gasteiger partial charge in [-0.2, -0.15) is 0 Å². The maximum atomic E-state index is 3.99. The molecule has 0 spiro atoms. The van der Waals surface area contributed by atoms with Crippen LogP contribution in [0.4, 0.5) is 0 Å². The van der Waals surface area contributed by atoms with Crippen LogP contribution in [0.5, 0.6) is 0 Å². The minimum Gasteiger partial charge on any atom is -0.312 e. The molecule has 0 bridgehead atoms. The molecule has 1 atom stereocenters. The summed E-state index contributed by atoms with van der Waals surface area (Å²) in [6.07, 6.45) is 12.5. The molecule has 0 radical (unpaired) electrons. The van der Waals surface area contributed by atoms with Crippen LogP contribution in [-0.4, -0.2) is 22.0 Å². The van der Waals surface area contributed by atoms with Gasteiger partial charge in [-0.3, -0.25) is 4.68 Å². The van der Waals surface area contributed by atoms with Gasteiger partial charge in [0.05, 0.1) is 17.9 Å². The molecule has 104 valence electrons. The highest BCUT2D eigenvalue weighted by molar-refractivity contribution is 5.01. The van der Waals surface area contributed by atoms with Crippen LogP contribution >= 0.6 is 0 Å². The van der Waals surface area contributed by atoms with Gasteiger partial charge in [0.1, 0.15) is 0 Å². The van der Waals surface area contributed by atoms with Crippen molar-refractivity contribution >= 4 is 0 Å². The lowest BCUT2D eigenvalue weighted by atomic mass is 10.0. The molecule has 0 aliphatic rings. The first kappa shape index (κ1) is 15.2. The molecule has 1 aromatic heterocycles. The van der Waals surface area contributed by atoms with E-state index in [-0.39, 0.29) is 0 Å². The lowest BCUT2D eigenvalue weighted by Gasteiger charge is -2.15. The normalized spacial score (nSPS) is 12.8. The second-order valence-corrected chi connectivity index (χ2v) is 5.03. The van der Waals surface area contributed by atoms with Crippen molar-refractivity contribution in [2.45, 2.75) is 64.3 Å². The van der Waals surface area contributed by atoms with E-state index in [1.165, 1.54) is 57.1 Å². The summed E-state index contributed by atoms with van der Waals surface area (Å²) in [6.45, 7) is 2.26. The lowest BCUT2D eigenvalue weighted by molar-refractivity contribution is 0.470. The van der Waals surface area contributed by atoms with Gasteiger partial charge in [-0.05, 0) is 13.5 Å². The van der Waals surface area contributed by atoms with Crippen LogP contribution in [0.25, 0.3) is 0 Å². The summed E-state index contributed by atoms with van der Waals surface area (Å²) >= 11 is 0. The van der Waals surface area contributed by atoms with Gasteiger partial charge in [0, 0.05) is 7.05 Å². The van der Waals surface area contributed by atoms with E-state index in [1.54, 1.807) is 0 Å². The van der Waals surface area contributed by atoms with Crippen molar-refractivity contribution in [1.82, 2.24) is 20.3 Å². The van der Waals surface area contributed by atoms with Crippen molar-refractivity contribution in [3.63, 3.8) is 0 Å². The summed E-state index contributed by atoms with van der Waals surface area (Å²) in [7, 11) is 3.97. The molecule has 0 saturated heterocycles. The van der Waals surface area contributed by atoms with Crippen LogP contribution in [0, 0.1) is 0 Å². The van der Waals surface area contributed by atoms with Crippen LogP contribution in [0.15, 0.2) is 6.20 Å². The molecule has 0 fully saturated rings. The van der Waals surface area contributed by atoms with Crippen LogP contribution in [0.1, 0.15) is 70.0 Å². The molecule has 18 heavy (non-hydrogen) atoms. The maximum Gasteiger partial charge on any atom is 0.0753 e. The number of hydrogen-bond acceptors (Lipinski definition) is 3. The summed E-state index contributed by atoms with van der Waals surface area (Å²) in [5.74, 6) is 0. The number of aromatic nitrogens is 3. The Hall–Kier alpha value is -0.900. The van der Waals surface area contributed by atoms with Crippen LogP contribution in [0.2, 0.25) is 0 Å². The van der Waals surface area contributed by atoms with Crippen LogP contribution in [0.3, 0.4) is 0 Å². The second kappa shape index (κ2) is 9.09. The summed E-state index contributed by atoms with van der Waals surface area (Å²) in [6, 6.07) is 0.389. The predicted molar refractivity (Wildman–Crippen MR) is 75.4 cm³/mol. The third-order valence-corrected chi connectivity index (χ3v) is 3.55. The number of hydrogen-bond donors (Lipinski definition) is 1. The van der Waals surface area contributed by atoms with E-state index in [4.69, 9.17) is 0 Å². The fourth-order valence-corrected chi connectivity index (χ4v) is 2.36. The van der Waals surface area contributed by atoms with Gasteiger partial charge in [0.2, 0.25) is 0 Å². The van der Waals surface area contributed by atoms with E-state index < -0.39 is 0 Å². The fraction of sp³-hybridized carbons (Fsp3) is 0.857. The zero-order chi connectivity index (χ0) is 13.2. The van der Waals surface area contributed by atoms with Crippen molar-refractivity contribution in [2.75, 3.05) is 7.05 Å². The molecule has 1 unspecified atom stereocenters. The van der Waals surface area contributed by atoms with Crippen LogP contribution < -0.4 is 5.32 Å². The molecule has 0 amide bonds. The van der Waals surface area contributed by atoms with E-state index in [1.807, 2.05) is 25.0 Å². The zero-order valence-electron chi connectivity index (χ0n) is 12.2. The summed E-state index contributed by atoms with van der Waals surface area (Å²) < 4.78 is 1.86. The highest BCUT2D eigenvalue weighted by atomic mass is 15.4. The Morgan fingerprint density at radius 3 is 2.39 bits per heavy atom. The highest BCUT2D eigenvalue weighted by Crippen LogP contribution is 2.18. The molecule has 1 aromatic rings. The standard InChI is InChI=1S/C14H28N4/c1-4-5-6-7-8-9-10-11-13(15-2)14-12-16-17-18(14)3/h12-13,15H,4-11H2,1-3H3. The molecular formula is C14H28N4. The lowest BCUT2D eigenvalue weighted by Crippen LogP contribution is -2.19. The third kappa shape index (κ3) is 5.17. The Bertz CT molecular complexity index is 308. The largest absolute Gasteiger partial charge is 0.312 e. The highest BCUT2D eigenvalue weighted by Gasteiger charge is 2.12. The minimum absolute atomic E-state index is 0.389. The topological polar surface area (TPSA) is 42.7 Å². The first-order valence-electron chi connectivity index (χ1n) is 7.31. The average molecular weight is 252 g/mol. The molecule has 1 heterocycles. The van der Waals surface area contributed by atoms with Crippen molar-refractivity contribution < 1.29 is 0 Å². The molecule has 4 heteroatoms. The Kier molecular flexibility index (Phi) is 7.65. The van der Waals surface area contributed by atoms with Gasteiger partial charge in [-0.15, -0.1) is 5.10 Å². The number of rotatable bonds is 10. The van der Waals surface area contributed by atoms with E-state index >= 15 is 0 Å². The Morgan fingerprint density at radius 1 is 1.17 bits per heavy atom. The van der Waals surface area contributed by atoms with E-state index in [0.29, 0.717) is 6.04 Å². The third-order valence-electron chi connectivity index (χ3n) is 3.55. The first-order chi connectivity index (χ1) is 8.79. The summed E-state index contributed by atoms with van der Waals surface area (Å²) in [5, 5.41) is 11.3. The van der Waals surface area contributed by atoms with Crippen molar-refractivity contribution in [3.05, 3.63) is 11.9 Å². The molecule has 0 aliphatic heterocycles. The monoisotopic (exact) mass is 252 g/mol. The molecule has 1 N–H and O–H groups in total. The molecule has 0 aromatic carbocycles. The number of unbranched alkanes of at least 4 members (excludes halogenated alkanes) is 6. The van der Waals surface area contributed by atoms with Gasteiger partial charge in [0.25, 0.3) is 0 Å². The smallest absolute Gasteiger partial charge is 0.0753 e. The molecule has 0 saturated carbocycles. The van der Waals surface area contributed by atoms with Gasteiger partial charge < -0.3 is 5.32 Å².